The molecule has 0 unspecified atom stereocenters. The van der Waals surface area contributed by atoms with E-state index in [4.69, 9.17) is 11.6 Å². The van der Waals surface area contributed by atoms with Gasteiger partial charge in [0, 0.05) is 43.0 Å². The highest BCUT2D eigenvalue weighted by molar-refractivity contribution is 6.30. The fourth-order valence-corrected chi connectivity index (χ4v) is 2.62. The van der Waals surface area contributed by atoms with Crippen LogP contribution >= 0.6 is 11.6 Å². The van der Waals surface area contributed by atoms with Crippen LogP contribution in [-0.2, 0) is 0 Å². The van der Waals surface area contributed by atoms with Crippen molar-refractivity contribution in [3.8, 4) is 0 Å². The van der Waals surface area contributed by atoms with E-state index in [1.54, 1.807) is 12.3 Å². The zero-order valence-electron chi connectivity index (χ0n) is 10.9. The second-order valence-corrected chi connectivity index (χ2v) is 5.19. The van der Waals surface area contributed by atoms with Gasteiger partial charge in [0.15, 0.2) is 0 Å². The van der Waals surface area contributed by atoms with Crippen molar-refractivity contribution in [2.24, 2.45) is 0 Å². The third-order valence-corrected chi connectivity index (χ3v) is 3.70. The number of piperazine rings is 1. The van der Waals surface area contributed by atoms with Gasteiger partial charge in [-0.05, 0) is 18.2 Å². The number of hydrogen-bond donors (Lipinski definition) is 1. The zero-order chi connectivity index (χ0) is 13.9. The molecule has 0 aliphatic carbocycles. The molecule has 1 aliphatic heterocycles. The third-order valence-electron chi connectivity index (χ3n) is 3.47. The van der Waals surface area contributed by atoms with E-state index in [2.05, 4.69) is 26.1 Å². The summed E-state index contributed by atoms with van der Waals surface area (Å²) in [5, 5.41) is 6.99. The Balaban J connectivity index is 1.69. The van der Waals surface area contributed by atoms with Crippen LogP contribution in [-0.4, -0.2) is 36.4 Å². The number of halogens is 1. The minimum Gasteiger partial charge on any atom is -0.368 e. The maximum atomic E-state index is 11.3. The second kappa shape index (κ2) is 5.54. The minimum atomic E-state index is -0.167. The summed E-state index contributed by atoms with van der Waals surface area (Å²) in [6.45, 7) is 3.51. The lowest BCUT2D eigenvalue weighted by Gasteiger charge is -2.37. The molecule has 1 N–H and O–H groups in total. The topological polar surface area (TPSA) is 52.2 Å². The molecule has 2 heterocycles. The number of anilines is 2. The predicted molar refractivity (Wildman–Crippen MR) is 80.7 cm³/mol. The molecule has 6 heteroatoms. The van der Waals surface area contributed by atoms with Crippen molar-refractivity contribution in [1.29, 1.82) is 0 Å². The maximum absolute atomic E-state index is 11.3. The third kappa shape index (κ3) is 2.77. The molecule has 0 bridgehead atoms. The molecule has 3 rings (SSSR count). The molecule has 1 fully saturated rings. The average molecular weight is 291 g/mol. The van der Waals surface area contributed by atoms with Crippen LogP contribution in [0.2, 0.25) is 5.02 Å². The van der Waals surface area contributed by atoms with Crippen molar-refractivity contribution in [3.05, 3.63) is 51.9 Å². The van der Waals surface area contributed by atoms with Gasteiger partial charge in [-0.2, -0.15) is 5.10 Å². The Kier molecular flexibility index (Phi) is 3.60. The smallest absolute Gasteiger partial charge is 0.266 e. The Morgan fingerprint density at radius 1 is 1.05 bits per heavy atom. The first-order valence-electron chi connectivity index (χ1n) is 6.52. The van der Waals surface area contributed by atoms with Crippen molar-refractivity contribution in [3.63, 3.8) is 0 Å². The second-order valence-electron chi connectivity index (χ2n) is 4.76. The number of nitrogens with zero attached hydrogens (tertiary/aromatic N) is 3. The van der Waals surface area contributed by atoms with Crippen LogP contribution in [0.4, 0.5) is 11.4 Å². The summed E-state index contributed by atoms with van der Waals surface area (Å²) in [6, 6.07) is 9.47. The van der Waals surface area contributed by atoms with Gasteiger partial charge in [-0.25, -0.2) is 5.10 Å². The van der Waals surface area contributed by atoms with Crippen molar-refractivity contribution in [1.82, 2.24) is 10.2 Å². The van der Waals surface area contributed by atoms with Crippen LogP contribution in [0.1, 0.15) is 0 Å². The standard InChI is InChI=1S/C14H15ClN4O/c15-11-2-1-3-12(8-11)18-4-6-19(7-5-18)13-9-14(20)17-16-10-13/h1-3,8-10H,4-7H2,(H,17,20). The quantitative estimate of drug-likeness (QED) is 0.915. The SMILES string of the molecule is O=c1cc(N2CCN(c3cccc(Cl)c3)CC2)cn[nH]1. The Morgan fingerprint density at radius 2 is 1.75 bits per heavy atom. The molecule has 5 nitrogen and oxygen atoms in total. The first kappa shape index (κ1) is 13.0. The van der Waals surface area contributed by atoms with Gasteiger partial charge in [-0.15, -0.1) is 0 Å². The highest BCUT2D eigenvalue weighted by Gasteiger charge is 2.18. The molecule has 0 radical (unpaired) electrons. The molecular weight excluding hydrogens is 276 g/mol. The van der Waals surface area contributed by atoms with Gasteiger partial charge >= 0.3 is 0 Å². The van der Waals surface area contributed by atoms with Gasteiger partial charge in [-0.3, -0.25) is 4.79 Å². The lowest BCUT2D eigenvalue weighted by molar-refractivity contribution is 0.651. The van der Waals surface area contributed by atoms with Crippen LogP contribution in [0.3, 0.4) is 0 Å². The van der Waals surface area contributed by atoms with E-state index in [1.807, 2.05) is 18.2 Å². The molecule has 0 spiro atoms. The molecule has 1 aromatic heterocycles. The predicted octanol–water partition coefficient (Wildman–Crippen LogP) is 1.75. The first-order chi connectivity index (χ1) is 9.72. The van der Waals surface area contributed by atoms with Gasteiger partial charge < -0.3 is 9.80 Å². The van der Waals surface area contributed by atoms with Crippen LogP contribution in [0.25, 0.3) is 0 Å². The molecule has 0 amide bonds. The summed E-state index contributed by atoms with van der Waals surface area (Å²) >= 11 is 6.02. The lowest BCUT2D eigenvalue weighted by Crippen LogP contribution is -2.46. The van der Waals surface area contributed by atoms with Crippen molar-refractivity contribution in [2.45, 2.75) is 0 Å². The van der Waals surface area contributed by atoms with Crippen LogP contribution in [0.5, 0.6) is 0 Å². The number of H-pyrrole nitrogens is 1. The van der Waals surface area contributed by atoms with E-state index in [9.17, 15) is 4.79 Å². The number of benzene rings is 1. The first-order valence-corrected chi connectivity index (χ1v) is 6.90. The Labute approximate surface area is 121 Å². The van der Waals surface area contributed by atoms with E-state index >= 15 is 0 Å². The molecule has 0 saturated carbocycles. The highest BCUT2D eigenvalue weighted by Crippen LogP contribution is 2.22. The molecule has 1 saturated heterocycles. The summed E-state index contributed by atoms with van der Waals surface area (Å²) in [5.74, 6) is 0. The van der Waals surface area contributed by atoms with Gasteiger partial charge in [0.25, 0.3) is 5.56 Å². The normalized spacial score (nSPS) is 15.4. The van der Waals surface area contributed by atoms with E-state index < -0.39 is 0 Å². The van der Waals surface area contributed by atoms with E-state index in [-0.39, 0.29) is 5.56 Å². The summed E-state index contributed by atoms with van der Waals surface area (Å²) in [6.07, 6.45) is 1.69. The molecule has 104 valence electrons. The molecule has 1 aromatic carbocycles. The van der Waals surface area contributed by atoms with Crippen LogP contribution < -0.4 is 15.4 Å². The van der Waals surface area contributed by atoms with Crippen LogP contribution in [0.15, 0.2) is 41.3 Å². The van der Waals surface area contributed by atoms with E-state index in [0.29, 0.717) is 0 Å². The minimum absolute atomic E-state index is 0.167. The van der Waals surface area contributed by atoms with Gasteiger partial charge in [0.05, 0.1) is 11.9 Å². The summed E-state index contributed by atoms with van der Waals surface area (Å²) in [7, 11) is 0. The van der Waals surface area contributed by atoms with Gasteiger partial charge in [0.1, 0.15) is 0 Å². The number of rotatable bonds is 2. The Morgan fingerprint density at radius 3 is 2.40 bits per heavy atom. The van der Waals surface area contributed by atoms with Crippen molar-refractivity contribution in [2.75, 3.05) is 36.0 Å². The van der Waals surface area contributed by atoms with Crippen LogP contribution in [0, 0.1) is 0 Å². The average Bonchev–Trinajstić information content (AvgIpc) is 2.47. The zero-order valence-corrected chi connectivity index (χ0v) is 11.7. The molecule has 2 aromatic rings. The maximum Gasteiger partial charge on any atom is 0.266 e. The molecule has 20 heavy (non-hydrogen) atoms. The van der Waals surface area contributed by atoms with Crippen molar-refractivity contribution < 1.29 is 0 Å². The fourth-order valence-electron chi connectivity index (χ4n) is 2.43. The fraction of sp³-hybridized carbons (Fsp3) is 0.286. The monoisotopic (exact) mass is 290 g/mol. The number of aromatic amines is 1. The largest absolute Gasteiger partial charge is 0.368 e. The van der Waals surface area contributed by atoms with E-state index in [1.165, 1.54) is 0 Å². The highest BCUT2D eigenvalue weighted by atomic mass is 35.5. The van der Waals surface area contributed by atoms with E-state index in [0.717, 1.165) is 42.6 Å². The van der Waals surface area contributed by atoms with Crippen molar-refractivity contribution >= 4 is 23.0 Å². The van der Waals surface area contributed by atoms with Gasteiger partial charge in [-0.1, -0.05) is 17.7 Å². The lowest BCUT2D eigenvalue weighted by atomic mass is 10.2. The Bertz CT molecular complexity index is 649. The summed E-state index contributed by atoms with van der Waals surface area (Å²) < 4.78 is 0. The number of hydrogen-bond acceptors (Lipinski definition) is 4. The molecule has 0 atom stereocenters. The molecular formula is C14H15ClN4O. The van der Waals surface area contributed by atoms with Gasteiger partial charge in [0.2, 0.25) is 0 Å². The molecule has 1 aliphatic rings. The summed E-state index contributed by atoms with van der Waals surface area (Å²) in [4.78, 5) is 15.8. The number of aromatic nitrogens is 2. The Hall–Kier alpha value is -2.01. The number of nitrogens with one attached hydrogen (secondary N) is 1. The summed E-state index contributed by atoms with van der Waals surface area (Å²) in [5.41, 5.74) is 1.85.